The monoisotopic (exact) mass is 306 g/mol. The van der Waals surface area contributed by atoms with Crippen molar-refractivity contribution < 1.29 is 38.3 Å². The molecule has 20 heavy (non-hydrogen) atoms. The largest absolute Gasteiger partial charge is 1.00 e. The molecule has 102 valence electrons. The number of ketones is 1. The van der Waals surface area contributed by atoms with Crippen LogP contribution in [0.1, 0.15) is 12.5 Å². The van der Waals surface area contributed by atoms with Crippen molar-refractivity contribution in [1.29, 1.82) is 0 Å². The molecule has 0 saturated carbocycles. The average molecular weight is 307 g/mol. The summed E-state index contributed by atoms with van der Waals surface area (Å²) in [6.07, 6.45) is 1.56. The molecule has 1 aromatic rings. The molecule has 1 rings (SSSR count). The molecule has 0 aliphatic rings. The zero-order chi connectivity index (χ0) is 14.4. The van der Waals surface area contributed by atoms with Gasteiger partial charge in [-0.15, -0.1) is 11.8 Å². The molecule has 0 atom stereocenters. The normalized spacial score (nSPS) is 11.2. The Hall–Kier alpha value is -0.863. The van der Waals surface area contributed by atoms with Gasteiger partial charge in [-0.05, 0) is 30.9 Å². The number of carbonyl (C=O) groups is 2. The number of ether oxygens (including phenoxy) is 1. The first-order valence-electron chi connectivity index (χ1n) is 5.44. The van der Waals surface area contributed by atoms with Crippen LogP contribution in [0.4, 0.5) is 0 Å². The molecule has 0 amide bonds. The summed E-state index contributed by atoms with van der Waals surface area (Å²) in [5.41, 5.74) is 0.298. The maximum atomic E-state index is 12.1. The van der Waals surface area contributed by atoms with E-state index in [1.165, 1.54) is 12.1 Å². The Morgan fingerprint density at radius 3 is 2.30 bits per heavy atom. The van der Waals surface area contributed by atoms with Gasteiger partial charge in [-0.2, -0.15) is 0 Å². The molecule has 0 aliphatic carbocycles. The number of esters is 1. The van der Waals surface area contributed by atoms with Crippen LogP contribution in [-0.4, -0.2) is 24.6 Å². The van der Waals surface area contributed by atoms with E-state index in [2.05, 4.69) is 4.74 Å². The van der Waals surface area contributed by atoms with Crippen molar-refractivity contribution in [2.75, 3.05) is 12.9 Å². The molecule has 0 heterocycles. The summed E-state index contributed by atoms with van der Waals surface area (Å²) in [6, 6.07) is 6.09. The van der Waals surface area contributed by atoms with Crippen LogP contribution in [-0.2, 0) is 14.3 Å². The molecule has 4 nitrogen and oxygen atoms in total. The second-order valence-electron chi connectivity index (χ2n) is 3.42. The molecular formula is C13H12ClLiO4S. The molecule has 7 heteroatoms. The van der Waals surface area contributed by atoms with Crippen molar-refractivity contribution in [2.24, 2.45) is 0 Å². The number of thioether (sulfide) groups is 1. The maximum Gasteiger partial charge on any atom is 1.00 e. The van der Waals surface area contributed by atoms with E-state index in [1.54, 1.807) is 25.3 Å². The first kappa shape index (κ1) is 19.1. The van der Waals surface area contributed by atoms with Crippen molar-refractivity contribution in [3.8, 4) is 0 Å². The topological polar surface area (TPSA) is 66.4 Å². The van der Waals surface area contributed by atoms with Gasteiger partial charge in [0.1, 0.15) is 0 Å². The summed E-state index contributed by atoms with van der Waals surface area (Å²) in [6.45, 7) is 1.67. The Balaban J connectivity index is 0.00000361. The Morgan fingerprint density at radius 2 is 1.85 bits per heavy atom. The minimum atomic E-state index is -1.02. The number of hydrogen-bond donors (Lipinski definition) is 0. The molecule has 1 aromatic carbocycles. The first-order valence-corrected chi connectivity index (χ1v) is 7.04. The third-order valence-corrected chi connectivity index (χ3v) is 3.21. The van der Waals surface area contributed by atoms with Gasteiger partial charge in [-0.3, -0.25) is 4.79 Å². The van der Waals surface area contributed by atoms with Crippen molar-refractivity contribution in [3.63, 3.8) is 0 Å². The van der Waals surface area contributed by atoms with Gasteiger partial charge in [-0.1, -0.05) is 29.5 Å². The van der Waals surface area contributed by atoms with E-state index in [1.807, 2.05) is 0 Å². The van der Waals surface area contributed by atoms with E-state index in [0.29, 0.717) is 10.6 Å². The molecule has 0 spiro atoms. The van der Waals surface area contributed by atoms with Crippen molar-refractivity contribution in [1.82, 2.24) is 0 Å². The fourth-order valence-corrected chi connectivity index (χ4v) is 2.01. The summed E-state index contributed by atoms with van der Waals surface area (Å²) in [5.74, 6) is -2.45. The molecule has 0 aliphatic heterocycles. The molecular weight excluding hydrogens is 295 g/mol. The predicted octanol–water partition coefficient (Wildman–Crippen LogP) is -1.13. The number of benzene rings is 1. The zero-order valence-electron chi connectivity index (χ0n) is 11.4. The van der Waals surface area contributed by atoms with Crippen LogP contribution < -0.4 is 24.0 Å². The van der Waals surface area contributed by atoms with E-state index < -0.39 is 17.5 Å². The van der Waals surface area contributed by atoms with Crippen molar-refractivity contribution in [3.05, 3.63) is 39.8 Å². The summed E-state index contributed by atoms with van der Waals surface area (Å²) >= 11 is 6.64. The Morgan fingerprint density at radius 1 is 1.30 bits per heavy atom. The second kappa shape index (κ2) is 9.14. The molecule has 0 aromatic heterocycles. The average Bonchev–Trinajstić information content (AvgIpc) is 2.40. The van der Waals surface area contributed by atoms with Crippen molar-refractivity contribution in [2.45, 2.75) is 6.92 Å². The van der Waals surface area contributed by atoms with Crippen LogP contribution in [0, 0.1) is 0 Å². The summed E-state index contributed by atoms with van der Waals surface area (Å²) in [4.78, 5) is 23.0. The second-order valence-corrected chi connectivity index (χ2v) is 4.67. The van der Waals surface area contributed by atoms with Crippen LogP contribution in [0.25, 0.3) is 5.76 Å². The number of hydrogen-bond acceptors (Lipinski definition) is 5. The van der Waals surface area contributed by atoms with Crippen molar-refractivity contribution >= 4 is 40.9 Å². The number of Topliss-reactive ketones (excluding diaryl/α,β-unsaturated/α-hetero) is 1. The van der Waals surface area contributed by atoms with Crippen LogP contribution in [0.15, 0.2) is 29.2 Å². The quantitative estimate of drug-likeness (QED) is 0.226. The fraction of sp³-hybridized carbons (Fsp3) is 0.231. The van der Waals surface area contributed by atoms with Crippen LogP contribution >= 0.6 is 23.4 Å². The number of halogens is 1. The van der Waals surface area contributed by atoms with E-state index in [4.69, 9.17) is 11.6 Å². The minimum Gasteiger partial charge on any atom is -0.871 e. The molecule has 0 unspecified atom stereocenters. The zero-order valence-corrected chi connectivity index (χ0v) is 13.0. The van der Waals surface area contributed by atoms with Gasteiger partial charge in [0.25, 0.3) is 5.78 Å². The SMILES string of the molecule is CCOC(=O)C(=O)C(SC)=C([O-])c1ccc(Cl)cc1.[Li+]. The fourth-order valence-electron chi connectivity index (χ4n) is 1.31. The minimum absolute atomic E-state index is 0. The van der Waals surface area contributed by atoms with Gasteiger partial charge >= 0.3 is 24.8 Å². The summed E-state index contributed by atoms with van der Waals surface area (Å²) in [5, 5.41) is 12.6. The maximum absolute atomic E-state index is 12.1. The summed E-state index contributed by atoms with van der Waals surface area (Å²) in [7, 11) is 0. The molecule has 0 radical (unpaired) electrons. The van der Waals surface area contributed by atoms with Crippen LogP contribution in [0.5, 0.6) is 0 Å². The van der Waals surface area contributed by atoms with Gasteiger partial charge in [0.05, 0.1) is 11.5 Å². The molecule has 0 bridgehead atoms. The number of rotatable bonds is 5. The molecule has 0 fully saturated rings. The first-order chi connectivity index (χ1) is 9.01. The van der Waals surface area contributed by atoms with Crippen LogP contribution in [0.2, 0.25) is 5.02 Å². The Labute approximate surface area is 138 Å². The van der Waals surface area contributed by atoms with E-state index in [-0.39, 0.29) is 30.4 Å². The third-order valence-electron chi connectivity index (χ3n) is 2.18. The van der Waals surface area contributed by atoms with Gasteiger partial charge in [0, 0.05) is 5.02 Å². The Kier molecular flexibility index (Phi) is 8.75. The molecule has 0 saturated heterocycles. The van der Waals surface area contributed by atoms with Gasteiger partial charge in [-0.25, -0.2) is 4.79 Å². The smallest absolute Gasteiger partial charge is 0.871 e. The van der Waals surface area contributed by atoms with Gasteiger partial charge in [0.2, 0.25) is 0 Å². The van der Waals surface area contributed by atoms with Crippen LogP contribution in [0.3, 0.4) is 0 Å². The van der Waals surface area contributed by atoms with Gasteiger partial charge < -0.3 is 9.84 Å². The Bertz CT molecular complexity index is 514. The standard InChI is InChI=1S/C13H13ClO4S.Li/c1-3-18-13(17)11(16)12(19-2)10(15)8-4-6-9(14)7-5-8;/h4-7,15H,3H2,1-2H3;/q;+1/p-1. The van der Waals surface area contributed by atoms with Gasteiger partial charge in [0.15, 0.2) is 0 Å². The van der Waals surface area contributed by atoms with E-state index in [9.17, 15) is 14.7 Å². The third kappa shape index (κ3) is 4.91. The molecule has 0 N–H and O–H groups in total. The van der Waals surface area contributed by atoms with E-state index >= 15 is 0 Å². The summed E-state index contributed by atoms with van der Waals surface area (Å²) < 4.78 is 4.60. The predicted molar refractivity (Wildman–Crippen MR) is 73.5 cm³/mol. The number of carbonyl (C=O) groups excluding carboxylic acids is 2. The van der Waals surface area contributed by atoms with E-state index in [0.717, 1.165) is 11.8 Å².